The number of benzene rings is 1. The van der Waals surface area contributed by atoms with Crippen LogP contribution in [-0.2, 0) is 27.5 Å². The Morgan fingerprint density at radius 3 is 2.59 bits per heavy atom. The van der Waals surface area contributed by atoms with Crippen LogP contribution in [-0.4, -0.2) is 58.4 Å². The number of ether oxygens (including phenoxy) is 1. The number of amides is 3. The van der Waals surface area contributed by atoms with E-state index in [9.17, 15) is 19.5 Å². The fourth-order valence-electron chi connectivity index (χ4n) is 2.34. The largest absolute Gasteiger partial charge is 0.390 e. The quantitative estimate of drug-likeness (QED) is 0.294. The second-order valence-corrected chi connectivity index (χ2v) is 6.84. The van der Waals surface area contributed by atoms with Gasteiger partial charge in [-0.1, -0.05) is 11.8 Å². The van der Waals surface area contributed by atoms with Crippen LogP contribution in [0.25, 0.3) is 0 Å². The Labute approximate surface area is 171 Å². The number of hydrogen-bond donors (Lipinski definition) is 4. The number of aliphatic hydroxyl groups is 1. The molecule has 3 amide bonds. The lowest BCUT2D eigenvalue weighted by Gasteiger charge is -2.11. The number of anilines is 1. The molecule has 0 saturated carbocycles. The molecule has 10 nitrogen and oxygen atoms in total. The van der Waals surface area contributed by atoms with E-state index in [-0.39, 0.29) is 30.7 Å². The smallest absolute Gasteiger partial charge is 0.248 e. The van der Waals surface area contributed by atoms with Crippen LogP contribution in [0.4, 0.5) is 5.69 Å². The maximum absolute atomic E-state index is 12.2. The van der Waals surface area contributed by atoms with Crippen molar-refractivity contribution in [1.82, 2.24) is 14.9 Å². The lowest BCUT2D eigenvalue weighted by molar-refractivity contribution is -0.122. The average Bonchev–Trinajstić information content (AvgIpc) is 3.08. The van der Waals surface area contributed by atoms with Crippen LogP contribution < -0.4 is 16.4 Å². The summed E-state index contributed by atoms with van der Waals surface area (Å²) in [7, 11) is 1.54. The Balaban J connectivity index is 1.93. The number of thioether (sulfide) groups is 1. The minimum atomic E-state index is -0.545. The highest BCUT2D eigenvalue weighted by Crippen LogP contribution is 2.19. The molecule has 0 spiro atoms. The summed E-state index contributed by atoms with van der Waals surface area (Å²) in [6, 6.07) is 6.21. The van der Waals surface area contributed by atoms with Crippen molar-refractivity contribution >= 4 is 35.2 Å². The topological polar surface area (TPSA) is 149 Å². The van der Waals surface area contributed by atoms with Crippen molar-refractivity contribution in [3.63, 3.8) is 0 Å². The third-order valence-corrected chi connectivity index (χ3v) is 4.77. The molecule has 0 saturated heterocycles. The van der Waals surface area contributed by atoms with Crippen LogP contribution in [0.3, 0.4) is 0 Å². The van der Waals surface area contributed by atoms with Gasteiger partial charge in [0, 0.05) is 24.9 Å². The Kier molecular flexibility index (Phi) is 8.65. The Bertz CT molecular complexity index is 853. The first-order valence-corrected chi connectivity index (χ1v) is 9.66. The molecule has 2 rings (SSSR count). The highest BCUT2D eigenvalue weighted by atomic mass is 32.2. The van der Waals surface area contributed by atoms with Crippen LogP contribution in [0.1, 0.15) is 16.1 Å². The molecule has 2 aromatic rings. The first-order valence-electron chi connectivity index (χ1n) is 8.68. The number of nitrogens with zero attached hydrogens (tertiary/aromatic N) is 2. The van der Waals surface area contributed by atoms with Crippen molar-refractivity contribution in [2.75, 3.05) is 31.3 Å². The molecular weight excluding hydrogens is 398 g/mol. The summed E-state index contributed by atoms with van der Waals surface area (Å²) >= 11 is 1.14. The van der Waals surface area contributed by atoms with Gasteiger partial charge >= 0.3 is 0 Å². The van der Waals surface area contributed by atoms with E-state index in [4.69, 9.17) is 10.5 Å². The maximum atomic E-state index is 12.2. The van der Waals surface area contributed by atoms with Crippen LogP contribution in [0, 0.1) is 0 Å². The number of nitrogens with two attached hydrogens (primary N) is 1. The fraction of sp³-hybridized carbons (Fsp3) is 0.333. The Morgan fingerprint density at radius 1 is 1.24 bits per heavy atom. The summed E-state index contributed by atoms with van der Waals surface area (Å²) in [4.78, 5) is 39.5. The minimum absolute atomic E-state index is 0.0296. The number of nitrogens with one attached hydrogen (secondary N) is 2. The third-order valence-electron chi connectivity index (χ3n) is 3.78. The van der Waals surface area contributed by atoms with Crippen LogP contribution in [0.15, 0.2) is 35.6 Å². The number of rotatable bonds is 11. The first-order chi connectivity index (χ1) is 13.9. The summed E-state index contributed by atoms with van der Waals surface area (Å²) in [5, 5.41) is 15.3. The highest BCUT2D eigenvalue weighted by molar-refractivity contribution is 7.99. The predicted molar refractivity (Wildman–Crippen MR) is 107 cm³/mol. The van der Waals surface area contributed by atoms with Crippen LogP contribution >= 0.6 is 11.8 Å². The van der Waals surface area contributed by atoms with Crippen molar-refractivity contribution in [3.05, 3.63) is 41.7 Å². The fourth-order valence-corrected chi connectivity index (χ4v) is 3.14. The number of imidazole rings is 1. The van der Waals surface area contributed by atoms with E-state index in [1.165, 1.54) is 25.4 Å². The van der Waals surface area contributed by atoms with Gasteiger partial charge in [0.15, 0.2) is 5.16 Å². The van der Waals surface area contributed by atoms with Crippen LogP contribution in [0.2, 0.25) is 0 Å². The summed E-state index contributed by atoms with van der Waals surface area (Å²) < 4.78 is 6.44. The predicted octanol–water partition coefficient (Wildman–Crippen LogP) is -0.0323. The molecule has 0 radical (unpaired) electrons. The zero-order chi connectivity index (χ0) is 21.2. The lowest BCUT2D eigenvalue weighted by atomic mass is 10.2. The standard InChI is InChI=1S/C18H23N5O5S/c1-28-7-6-20-15(25)9-23-14(10-24)8-21-18(23)29-11-16(26)22-13-4-2-12(3-5-13)17(19)27/h2-5,8,24H,6-7,9-11H2,1H3,(H2,19,27)(H,20,25)(H,22,26). The van der Waals surface area contributed by atoms with Gasteiger partial charge in [-0.15, -0.1) is 0 Å². The van der Waals surface area contributed by atoms with Gasteiger partial charge in [0.2, 0.25) is 17.7 Å². The molecule has 0 aliphatic rings. The number of carbonyl (C=O) groups excluding carboxylic acids is 3. The monoisotopic (exact) mass is 421 g/mol. The number of primary amides is 1. The summed E-state index contributed by atoms with van der Waals surface area (Å²) in [6.07, 6.45) is 1.46. The van der Waals surface area contributed by atoms with Crippen molar-refractivity contribution in [3.8, 4) is 0 Å². The molecule has 0 aliphatic carbocycles. The zero-order valence-corrected chi connectivity index (χ0v) is 16.7. The van der Waals surface area contributed by atoms with Gasteiger partial charge in [0.25, 0.3) is 0 Å². The van der Waals surface area contributed by atoms with Gasteiger partial charge in [0.05, 0.1) is 30.9 Å². The summed E-state index contributed by atoms with van der Waals surface area (Å²) in [6.45, 7) is 0.456. The molecule has 1 aromatic carbocycles. The molecular formula is C18H23N5O5S. The van der Waals surface area contributed by atoms with Crippen molar-refractivity contribution in [2.24, 2.45) is 5.73 Å². The van der Waals surface area contributed by atoms with Crippen molar-refractivity contribution < 1.29 is 24.2 Å². The molecule has 0 aliphatic heterocycles. The second-order valence-electron chi connectivity index (χ2n) is 5.90. The maximum Gasteiger partial charge on any atom is 0.248 e. The molecule has 156 valence electrons. The number of hydrogen-bond acceptors (Lipinski definition) is 7. The van der Waals surface area contributed by atoms with E-state index in [0.717, 1.165) is 11.8 Å². The second kappa shape index (κ2) is 11.2. The number of aromatic nitrogens is 2. The number of aliphatic hydroxyl groups excluding tert-OH is 1. The number of carbonyl (C=O) groups is 3. The van der Waals surface area contributed by atoms with Gasteiger partial charge in [-0.05, 0) is 24.3 Å². The lowest BCUT2D eigenvalue weighted by Crippen LogP contribution is -2.31. The van der Waals surface area contributed by atoms with E-state index in [1.807, 2.05) is 0 Å². The normalized spacial score (nSPS) is 10.6. The van der Waals surface area contributed by atoms with Gasteiger partial charge in [0.1, 0.15) is 6.54 Å². The van der Waals surface area contributed by atoms with E-state index in [1.54, 1.807) is 16.7 Å². The molecule has 1 aromatic heterocycles. The van der Waals surface area contributed by atoms with Gasteiger partial charge in [-0.2, -0.15) is 0 Å². The van der Waals surface area contributed by atoms with Gasteiger partial charge in [-0.25, -0.2) is 4.98 Å². The highest BCUT2D eigenvalue weighted by Gasteiger charge is 2.15. The molecule has 1 heterocycles. The molecule has 0 atom stereocenters. The van der Waals surface area contributed by atoms with E-state index < -0.39 is 5.91 Å². The number of methoxy groups -OCH3 is 1. The van der Waals surface area contributed by atoms with Crippen molar-refractivity contribution in [1.29, 1.82) is 0 Å². The molecule has 11 heteroatoms. The minimum Gasteiger partial charge on any atom is -0.390 e. The molecule has 0 fully saturated rings. The van der Waals surface area contributed by atoms with Crippen LogP contribution in [0.5, 0.6) is 0 Å². The molecule has 29 heavy (non-hydrogen) atoms. The van der Waals surface area contributed by atoms with Gasteiger partial charge in [-0.3, -0.25) is 14.4 Å². The first kappa shape index (κ1) is 22.4. The Hall–Kier alpha value is -2.89. The summed E-state index contributed by atoms with van der Waals surface area (Å²) in [5.41, 5.74) is 6.52. The third kappa shape index (κ3) is 6.89. The van der Waals surface area contributed by atoms with E-state index in [2.05, 4.69) is 15.6 Å². The SMILES string of the molecule is COCCNC(=O)Cn1c(CO)cnc1SCC(=O)Nc1ccc(C(N)=O)cc1. The zero-order valence-electron chi connectivity index (χ0n) is 15.9. The molecule has 5 N–H and O–H groups in total. The van der Waals surface area contributed by atoms with E-state index in [0.29, 0.717) is 35.3 Å². The molecule has 0 bridgehead atoms. The van der Waals surface area contributed by atoms with Gasteiger partial charge < -0.3 is 30.8 Å². The van der Waals surface area contributed by atoms with E-state index >= 15 is 0 Å². The average molecular weight is 421 g/mol. The van der Waals surface area contributed by atoms with Crippen molar-refractivity contribution in [2.45, 2.75) is 18.3 Å². The summed E-state index contributed by atoms with van der Waals surface area (Å²) in [5.74, 6) is -1.04. The molecule has 0 unspecified atom stereocenters. The Morgan fingerprint density at radius 2 is 1.97 bits per heavy atom.